The van der Waals surface area contributed by atoms with E-state index in [0.29, 0.717) is 0 Å². The van der Waals surface area contributed by atoms with Gasteiger partial charge in [0, 0.05) is 31.1 Å². The van der Waals surface area contributed by atoms with E-state index in [9.17, 15) is 40.3 Å². The van der Waals surface area contributed by atoms with Crippen LogP contribution in [-0.4, -0.2) is 30.7 Å². The summed E-state index contributed by atoms with van der Waals surface area (Å²) in [5.41, 5.74) is -8.39. The van der Waals surface area contributed by atoms with Gasteiger partial charge in [-0.2, -0.15) is 26.3 Å². The molecule has 42 heavy (non-hydrogen) atoms. The maximum Gasteiger partial charge on any atom is 0.435 e. The molecule has 3 aromatic rings. The van der Waals surface area contributed by atoms with Crippen LogP contribution >= 0.6 is 47.8 Å². The van der Waals surface area contributed by atoms with Crippen molar-refractivity contribution in [2.45, 2.75) is 30.9 Å². The van der Waals surface area contributed by atoms with Crippen LogP contribution in [0.5, 0.6) is 0 Å². The molecular weight excluding hydrogens is 776 g/mol. The number of benzene rings is 3. The molecule has 224 valence electrons. The summed E-state index contributed by atoms with van der Waals surface area (Å²) in [6.07, 6.45) is -11.0. The molecule has 1 aliphatic rings. The molecule has 3 aromatic carbocycles. The van der Waals surface area contributed by atoms with Crippen molar-refractivity contribution in [1.29, 1.82) is 0 Å². The van der Waals surface area contributed by atoms with E-state index in [-0.39, 0.29) is 41.5 Å². The van der Waals surface area contributed by atoms with E-state index in [1.54, 1.807) is 24.3 Å². The minimum absolute atomic E-state index is 0.128. The molecule has 0 atom stereocenters. The van der Waals surface area contributed by atoms with Crippen molar-refractivity contribution >= 4 is 71.0 Å². The first-order valence-corrected chi connectivity index (χ1v) is 14.3. The average molecular weight is 793 g/mol. The maximum atomic E-state index is 15.8. The van der Waals surface area contributed by atoms with Crippen LogP contribution in [0.4, 0.5) is 46.5 Å². The predicted molar refractivity (Wildman–Crippen MR) is 150 cm³/mol. The second kappa shape index (κ2) is 11.9. The zero-order chi connectivity index (χ0) is 31.2. The fraction of sp³-hybridized carbons (Fsp3) is 0.259. The second-order valence-corrected chi connectivity index (χ2v) is 12.1. The van der Waals surface area contributed by atoms with Crippen LogP contribution < -0.4 is 10.2 Å². The molecule has 0 saturated heterocycles. The van der Waals surface area contributed by atoms with Crippen molar-refractivity contribution in [2.75, 3.05) is 16.8 Å². The van der Waals surface area contributed by atoms with Crippen LogP contribution in [0, 0.1) is 11.7 Å². The predicted octanol–water partition coefficient (Wildman–Crippen LogP) is 9.71. The number of amides is 2. The number of anilines is 2. The summed E-state index contributed by atoms with van der Waals surface area (Å²) in [5.74, 6) is -2.61. The minimum atomic E-state index is -6.35. The molecule has 0 unspecified atom stereocenters. The Morgan fingerprint density at radius 1 is 0.857 bits per heavy atom. The summed E-state index contributed by atoms with van der Waals surface area (Å²) < 4.78 is 109. The van der Waals surface area contributed by atoms with Gasteiger partial charge in [-0.1, -0.05) is 22.0 Å². The Labute approximate surface area is 258 Å². The van der Waals surface area contributed by atoms with Crippen LogP contribution in [0.25, 0.3) is 0 Å². The molecule has 4 nitrogen and oxygen atoms in total. The number of carbonyl (C=O) groups is 2. The van der Waals surface area contributed by atoms with Crippen molar-refractivity contribution in [3.8, 4) is 0 Å². The lowest BCUT2D eigenvalue weighted by Crippen LogP contribution is -2.50. The number of hydrogen-bond acceptors (Lipinski definition) is 2. The van der Waals surface area contributed by atoms with E-state index in [0.717, 1.165) is 23.4 Å². The Hall–Kier alpha value is -2.52. The molecule has 0 bridgehead atoms. The van der Waals surface area contributed by atoms with E-state index in [2.05, 4.69) is 53.1 Å². The van der Waals surface area contributed by atoms with Gasteiger partial charge < -0.3 is 10.2 Å². The summed E-state index contributed by atoms with van der Waals surface area (Å²) in [6.45, 7) is 0.179. The summed E-state index contributed by atoms with van der Waals surface area (Å²) in [7, 11) is 0. The van der Waals surface area contributed by atoms with Gasteiger partial charge in [0.1, 0.15) is 0 Å². The van der Waals surface area contributed by atoms with Gasteiger partial charge >= 0.3 is 18.0 Å². The number of alkyl halides is 7. The molecule has 0 spiro atoms. The Kier molecular flexibility index (Phi) is 9.16. The molecule has 15 heteroatoms. The Morgan fingerprint density at radius 2 is 1.40 bits per heavy atom. The van der Waals surface area contributed by atoms with Gasteiger partial charge in [-0.05, 0) is 99.2 Å². The first-order valence-electron chi connectivity index (χ1n) is 11.9. The number of nitrogens with zero attached hydrogens (tertiary/aromatic N) is 1. The van der Waals surface area contributed by atoms with Crippen molar-refractivity contribution in [2.24, 2.45) is 5.92 Å². The third-order valence-corrected chi connectivity index (χ3v) is 8.23. The van der Waals surface area contributed by atoms with Crippen LogP contribution in [0.15, 0.2) is 68.0 Å². The average Bonchev–Trinajstić information content (AvgIpc) is 3.72. The Bertz CT molecular complexity index is 1490. The summed E-state index contributed by atoms with van der Waals surface area (Å²) in [4.78, 5) is 27.6. The molecule has 2 amide bonds. The van der Waals surface area contributed by atoms with Crippen LogP contribution in [-0.2, 0) is 5.67 Å². The molecule has 0 heterocycles. The van der Waals surface area contributed by atoms with E-state index in [4.69, 9.17) is 0 Å². The van der Waals surface area contributed by atoms with Gasteiger partial charge in [0.25, 0.3) is 11.8 Å². The molecule has 1 aliphatic carbocycles. The van der Waals surface area contributed by atoms with Crippen molar-refractivity contribution < 1.29 is 44.7 Å². The monoisotopic (exact) mass is 790 g/mol. The molecule has 1 N–H and O–H groups in total. The highest BCUT2D eigenvalue weighted by atomic mass is 79.9. The molecular formula is C27H17Br3F8N2O2. The lowest BCUT2D eigenvalue weighted by atomic mass is 9.94. The molecule has 0 radical (unpaired) electrons. The van der Waals surface area contributed by atoms with Gasteiger partial charge in [0.2, 0.25) is 0 Å². The number of carbonyl (C=O) groups excluding carboxylic acids is 2. The summed E-state index contributed by atoms with van der Waals surface area (Å²) >= 11 is 8.82. The van der Waals surface area contributed by atoms with Gasteiger partial charge in [-0.25, -0.2) is 8.78 Å². The molecule has 1 saturated carbocycles. The SMILES string of the molecule is O=C(Nc1c(Br)cc(C(F)(C(F)(F)F)C(F)(F)F)cc1Br)c1cccc(N(CC2CC2)C(=O)c2ccc(Br)cc2)c1F. The quantitative estimate of drug-likeness (QED) is 0.243. The number of rotatable bonds is 7. The molecule has 1 fully saturated rings. The Balaban J connectivity index is 1.68. The number of nitrogens with one attached hydrogen (secondary N) is 1. The first-order chi connectivity index (χ1) is 19.5. The van der Waals surface area contributed by atoms with Gasteiger partial charge in [-0.3, -0.25) is 9.59 Å². The zero-order valence-corrected chi connectivity index (χ0v) is 25.6. The highest BCUT2D eigenvalue weighted by molar-refractivity contribution is 9.11. The summed E-state index contributed by atoms with van der Waals surface area (Å²) in [5, 5.41) is 2.21. The number of halogens is 11. The largest absolute Gasteiger partial charge is 0.435 e. The third-order valence-electron chi connectivity index (χ3n) is 6.45. The van der Waals surface area contributed by atoms with E-state index in [1.807, 2.05) is 0 Å². The number of hydrogen-bond donors (Lipinski definition) is 1. The highest BCUT2D eigenvalue weighted by Crippen LogP contribution is 2.54. The fourth-order valence-electron chi connectivity index (χ4n) is 4.06. The summed E-state index contributed by atoms with van der Waals surface area (Å²) in [6, 6.07) is 10.5. The third kappa shape index (κ3) is 6.37. The second-order valence-electron chi connectivity index (χ2n) is 9.43. The van der Waals surface area contributed by atoms with Crippen molar-refractivity contribution in [1.82, 2.24) is 0 Å². The highest BCUT2D eigenvalue weighted by Gasteiger charge is 2.73. The van der Waals surface area contributed by atoms with E-state index < -0.39 is 55.7 Å². The van der Waals surface area contributed by atoms with Crippen LogP contribution in [0.2, 0.25) is 0 Å². The minimum Gasteiger partial charge on any atom is -0.320 e. The smallest absolute Gasteiger partial charge is 0.320 e. The van der Waals surface area contributed by atoms with Gasteiger partial charge in [-0.15, -0.1) is 0 Å². The topological polar surface area (TPSA) is 49.4 Å². The molecule has 4 rings (SSSR count). The standard InChI is InChI=1S/C27H17Br3F8N2O2/c28-16-8-6-14(7-9-16)24(42)40(12-13-4-5-13)20-3-1-2-17(21(20)31)23(41)39-22-18(29)10-15(11-19(22)30)25(32,26(33,34)35)27(36,37)38/h1-3,6-11,13H,4-5,12H2,(H,39,41). The van der Waals surface area contributed by atoms with Crippen molar-refractivity contribution in [3.05, 3.63) is 90.5 Å². The van der Waals surface area contributed by atoms with Crippen LogP contribution in [0.1, 0.15) is 39.1 Å². The first kappa shape index (κ1) is 32.4. The van der Waals surface area contributed by atoms with Crippen molar-refractivity contribution in [3.63, 3.8) is 0 Å². The van der Waals surface area contributed by atoms with Gasteiger partial charge in [0.15, 0.2) is 5.82 Å². The normalized spacial score (nSPS) is 14.1. The zero-order valence-electron chi connectivity index (χ0n) is 20.8. The van der Waals surface area contributed by atoms with Gasteiger partial charge in [0.05, 0.1) is 16.9 Å². The van der Waals surface area contributed by atoms with Crippen LogP contribution in [0.3, 0.4) is 0 Å². The fourth-order valence-corrected chi connectivity index (χ4v) is 5.71. The maximum absolute atomic E-state index is 15.8. The van der Waals surface area contributed by atoms with E-state index in [1.165, 1.54) is 17.0 Å². The lowest BCUT2D eigenvalue weighted by Gasteiger charge is -2.31. The Morgan fingerprint density at radius 3 is 1.90 bits per heavy atom. The molecule has 0 aliphatic heterocycles. The molecule has 0 aromatic heterocycles. The lowest BCUT2D eigenvalue weighted by molar-refractivity contribution is -0.348. The van der Waals surface area contributed by atoms with E-state index >= 15 is 4.39 Å².